The second-order valence-corrected chi connectivity index (χ2v) is 4.58. The maximum atomic E-state index is 11.0. The molecule has 0 radical (unpaired) electrons. The number of esters is 2. The summed E-state index contributed by atoms with van der Waals surface area (Å²) in [7, 11) is 0. The molecule has 0 saturated carbocycles. The fourth-order valence-electron chi connectivity index (χ4n) is 1.19. The lowest BCUT2D eigenvalue weighted by molar-refractivity contribution is -0.140. The van der Waals surface area contributed by atoms with E-state index in [4.69, 9.17) is 9.84 Å². The second kappa shape index (κ2) is 14.3. The van der Waals surface area contributed by atoms with Crippen molar-refractivity contribution in [1.82, 2.24) is 4.90 Å². The highest BCUT2D eigenvalue weighted by Gasteiger charge is 2.04. The van der Waals surface area contributed by atoms with Crippen LogP contribution < -0.4 is 0 Å². The summed E-state index contributed by atoms with van der Waals surface area (Å²) in [6.07, 6.45) is 0. The summed E-state index contributed by atoms with van der Waals surface area (Å²) < 4.78 is 9.42. The highest BCUT2D eigenvalue weighted by atomic mass is 16.5. The van der Waals surface area contributed by atoms with E-state index >= 15 is 0 Å². The number of nitrogens with zero attached hydrogens (tertiary/aromatic N) is 1. The lowest BCUT2D eigenvalue weighted by Gasteiger charge is -2.17. The van der Waals surface area contributed by atoms with Crippen LogP contribution in [-0.2, 0) is 19.1 Å². The first-order valence-corrected chi connectivity index (χ1v) is 7.28. The predicted molar refractivity (Wildman–Crippen MR) is 86.4 cm³/mol. The molecule has 0 aliphatic rings. The molecule has 6 heteroatoms. The van der Waals surface area contributed by atoms with E-state index in [-0.39, 0.29) is 19.2 Å². The predicted octanol–water partition coefficient (Wildman–Crippen LogP) is 1.55. The molecule has 0 aromatic carbocycles. The zero-order valence-electron chi connectivity index (χ0n) is 14.2. The maximum Gasteiger partial charge on any atom is 0.333 e. The minimum atomic E-state index is -0.455. The molecule has 0 saturated heterocycles. The number of aliphatic hydroxyl groups is 1. The van der Waals surface area contributed by atoms with Crippen LogP contribution in [0.4, 0.5) is 0 Å². The lowest BCUT2D eigenvalue weighted by atomic mass is 10.4. The Kier molecular flexibility index (Phi) is 14.7. The largest absolute Gasteiger partial charge is 0.461 e. The monoisotopic (exact) mass is 315 g/mol. The van der Waals surface area contributed by atoms with Gasteiger partial charge in [0.25, 0.3) is 0 Å². The first-order valence-electron chi connectivity index (χ1n) is 7.28. The Morgan fingerprint density at radius 3 is 1.68 bits per heavy atom. The van der Waals surface area contributed by atoms with Crippen LogP contribution in [0.3, 0.4) is 0 Å². The molecule has 0 spiro atoms. The van der Waals surface area contributed by atoms with Crippen molar-refractivity contribution >= 4 is 11.9 Å². The van der Waals surface area contributed by atoms with Gasteiger partial charge in [-0.3, -0.25) is 0 Å². The molecule has 0 bridgehead atoms. The Labute approximate surface area is 133 Å². The summed E-state index contributed by atoms with van der Waals surface area (Å²) in [5.41, 5.74) is 0.808. The molecular weight excluding hydrogens is 286 g/mol. The van der Waals surface area contributed by atoms with Crippen LogP contribution in [0, 0.1) is 0 Å². The van der Waals surface area contributed by atoms with Gasteiger partial charge >= 0.3 is 11.9 Å². The molecule has 0 aliphatic heterocycles. The molecule has 128 valence electrons. The first kappa shape index (κ1) is 22.6. The average molecular weight is 315 g/mol. The lowest BCUT2D eigenvalue weighted by Crippen LogP contribution is -2.27. The van der Waals surface area contributed by atoms with Gasteiger partial charge in [-0.2, -0.15) is 0 Å². The molecule has 0 aliphatic carbocycles. The second-order valence-electron chi connectivity index (χ2n) is 4.58. The van der Waals surface area contributed by atoms with Crippen molar-refractivity contribution in [3.63, 3.8) is 0 Å². The average Bonchev–Trinajstić information content (AvgIpc) is 2.49. The van der Waals surface area contributed by atoms with Crippen LogP contribution >= 0.6 is 0 Å². The van der Waals surface area contributed by atoms with E-state index in [1.807, 2.05) is 0 Å². The van der Waals surface area contributed by atoms with Gasteiger partial charge in [-0.1, -0.05) is 27.0 Å². The highest BCUT2D eigenvalue weighted by Crippen LogP contribution is 1.93. The Balaban J connectivity index is 0. The summed E-state index contributed by atoms with van der Waals surface area (Å²) >= 11 is 0. The maximum absolute atomic E-state index is 11.0. The number of aliphatic hydroxyl groups excluding tert-OH is 1. The zero-order valence-corrected chi connectivity index (χ0v) is 14.2. The molecule has 0 aromatic rings. The van der Waals surface area contributed by atoms with E-state index in [9.17, 15) is 9.59 Å². The van der Waals surface area contributed by atoms with Gasteiger partial charge in [-0.25, -0.2) is 9.59 Å². The van der Waals surface area contributed by atoms with Crippen molar-refractivity contribution in [2.75, 3.05) is 39.5 Å². The van der Waals surface area contributed by atoms with Crippen molar-refractivity contribution in [3.05, 3.63) is 24.3 Å². The molecule has 0 aromatic heterocycles. The number of carbonyl (C=O) groups excluding carboxylic acids is 2. The molecule has 0 rings (SSSR count). The number of carbonyl (C=O) groups is 2. The Bertz CT molecular complexity index is 362. The van der Waals surface area contributed by atoms with E-state index in [0.717, 1.165) is 19.6 Å². The topological polar surface area (TPSA) is 76.1 Å². The van der Waals surface area contributed by atoms with Crippen molar-refractivity contribution < 1.29 is 24.2 Å². The van der Waals surface area contributed by atoms with Gasteiger partial charge < -0.3 is 19.5 Å². The SMILES string of the molecule is C=C(C)C(=O)OCCN(CC)CC.C=C(C)C(=O)OCCO. The van der Waals surface area contributed by atoms with Crippen molar-refractivity contribution in [2.45, 2.75) is 27.7 Å². The van der Waals surface area contributed by atoms with E-state index < -0.39 is 5.97 Å². The van der Waals surface area contributed by atoms with E-state index in [0.29, 0.717) is 17.8 Å². The minimum Gasteiger partial charge on any atom is -0.461 e. The number of hydrogen-bond acceptors (Lipinski definition) is 6. The molecule has 0 atom stereocenters. The highest BCUT2D eigenvalue weighted by molar-refractivity contribution is 5.87. The first-order chi connectivity index (χ1) is 10.3. The van der Waals surface area contributed by atoms with Crippen LogP contribution in [0.25, 0.3) is 0 Å². The van der Waals surface area contributed by atoms with Crippen LogP contribution in [0.2, 0.25) is 0 Å². The quantitative estimate of drug-likeness (QED) is 0.514. The third-order valence-corrected chi connectivity index (χ3v) is 2.56. The number of rotatable bonds is 9. The molecule has 6 nitrogen and oxygen atoms in total. The van der Waals surface area contributed by atoms with E-state index in [2.05, 4.69) is 36.6 Å². The molecule has 0 fully saturated rings. The van der Waals surface area contributed by atoms with Gasteiger partial charge in [0.15, 0.2) is 0 Å². The van der Waals surface area contributed by atoms with Crippen LogP contribution in [-0.4, -0.2) is 61.4 Å². The Morgan fingerprint density at radius 1 is 0.955 bits per heavy atom. The molecule has 22 heavy (non-hydrogen) atoms. The normalized spacial score (nSPS) is 9.55. The zero-order chi connectivity index (χ0) is 17.5. The summed E-state index contributed by atoms with van der Waals surface area (Å²) in [6, 6.07) is 0. The van der Waals surface area contributed by atoms with Crippen molar-refractivity contribution in [3.8, 4) is 0 Å². The Morgan fingerprint density at radius 2 is 1.36 bits per heavy atom. The number of ether oxygens (including phenoxy) is 2. The molecule has 0 amide bonds. The standard InChI is InChI=1S/C10H19NO2.C6H10O3/c1-5-11(6-2)7-8-13-10(12)9(3)4;1-5(2)6(8)9-4-3-7/h3,5-8H2,1-2,4H3;7H,1,3-4H2,2H3. The summed E-state index contributed by atoms with van der Waals surface area (Å²) in [5, 5.41) is 8.19. The molecular formula is C16H29NO5. The number of hydrogen-bond donors (Lipinski definition) is 1. The minimum absolute atomic E-state index is 0.0473. The third kappa shape index (κ3) is 13.3. The summed E-state index contributed by atoms with van der Waals surface area (Å²) in [5.74, 6) is -0.754. The molecule has 1 N–H and O–H groups in total. The van der Waals surface area contributed by atoms with Crippen LogP contribution in [0.1, 0.15) is 27.7 Å². The third-order valence-electron chi connectivity index (χ3n) is 2.56. The van der Waals surface area contributed by atoms with Gasteiger partial charge in [0.2, 0.25) is 0 Å². The molecule has 0 unspecified atom stereocenters. The van der Waals surface area contributed by atoms with E-state index in [1.165, 1.54) is 0 Å². The van der Waals surface area contributed by atoms with Gasteiger partial charge in [0.05, 0.1) is 6.61 Å². The van der Waals surface area contributed by atoms with Gasteiger partial charge in [-0.05, 0) is 26.9 Å². The summed E-state index contributed by atoms with van der Waals surface area (Å²) in [6.45, 7) is 17.4. The van der Waals surface area contributed by atoms with Gasteiger partial charge in [0, 0.05) is 17.7 Å². The number of likely N-dealkylation sites (N-methyl/N-ethyl adjacent to an activating group) is 1. The fourth-order valence-corrected chi connectivity index (χ4v) is 1.19. The van der Waals surface area contributed by atoms with Gasteiger partial charge in [-0.15, -0.1) is 0 Å². The van der Waals surface area contributed by atoms with Crippen molar-refractivity contribution in [1.29, 1.82) is 0 Å². The van der Waals surface area contributed by atoms with Crippen LogP contribution in [0.5, 0.6) is 0 Å². The smallest absolute Gasteiger partial charge is 0.333 e. The summed E-state index contributed by atoms with van der Waals surface area (Å²) in [4.78, 5) is 23.6. The molecule has 0 heterocycles. The van der Waals surface area contributed by atoms with Crippen molar-refractivity contribution in [2.24, 2.45) is 0 Å². The van der Waals surface area contributed by atoms with E-state index in [1.54, 1.807) is 13.8 Å². The van der Waals surface area contributed by atoms with Gasteiger partial charge in [0.1, 0.15) is 13.2 Å². The fraction of sp³-hybridized carbons (Fsp3) is 0.625. The Hall–Kier alpha value is -1.66. The van der Waals surface area contributed by atoms with Crippen LogP contribution in [0.15, 0.2) is 24.3 Å².